The Morgan fingerprint density at radius 2 is 1.52 bits per heavy atom. The molecule has 25 heavy (non-hydrogen) atoms. The van der Waals surface area contributed by atoms with E-state index in [0.29, 0.717) is 0 Å². The lowest BCUT2D eigenvalue weighted by Crippen LogP contribution is -2.28. The van der Waals surface area contributed by atoms with Gasteiger partial charge in [-0.1, -0.05) is 29.3 Å². The number of nitrogens with one attached hydrogen (secondary N) is 2. The highest BCUT2D eigenvalue weighted by molar-refractivity contribution is 7.92. The van der Waals surface area contributed by atoms with Crippen molar-refractivity contribution in [3.63, 3.8) is 0 Å². The van der Waals surface area contributed by atoms with Crippen molar-refractivity contribution >= 4 is 43.2 Å². The molecule has 0 amide bonds. The lowest BCUT2D eigenvalue weighted by molar-refractivity contribution is 0.527. The fraction of sp³-hybridized carbons (Fsp3) is 0.200. The predicted octanol–water partition coefficient (Wildman–Crippen LogP) is 2.67. The quantitative estimate of drug-likeness (QED) is 0.775. The maximum Gasteiger partial charge on any atom is 0.301 e. The number of rotatable bonds is 6. The van der Waals surface area contributed by atoms with Crippen LogP contribution in [0, 0.1) is 6.92 Å². The SMILES string of the molecule is Cc1ccc(S(=O)(=O)Nc2ccc(NS(=O)(=O)N(C)C)cc2Cl)cc1. The zero-order valence-corrected chi connectivity index (χ0v) is 16.2. The van der Waals surface area contributed by atoms with E-state index in [9.17, 15) is 16.8 Å². The summed E-state index contributed by atoms with van der Waals surface area (Å²) in [5.74, 6) is 0. The largest absolute Gasteiger partial charge is 0.301 e. The molecule has 0 bridgehead atoms. The molecule has 0 aromatic heterocycles. The van der Waals surface area contributed by atoms with Crippen LogP contribution < -0.4 is 9.44 Å². The van der Waals surface area contributed by atoms with Crippen LogP contribution in [0.4, 0.5) is 11.4 Å². The maximum atomic E-state index is 12.4. The van der Waals surface area contributed by atoms with Crippen molar-refractivity contribution in [2.24, 2.45) is 0 Å². The predicted molar refractivity (Wildman–Crippen MR) is 99.7 cm³/mol. The highest BCUT2D eigenvalue weighted by Gasteiger charge is 2.17. The molecule has 2 aromatic carbocycles. The summed E-state index contributed by atoms with van der Waals surface area (Å²) in [6.07, 6.45) is 0. The number of sulfonamides is 1. The third-order valence-electron chi connectivity index (χ3n) is 3.27. The Kier molecular flexibility index (Phi) is 5.62. The lowest BCUT2D eigenvalue weighted by atomic mass is 10.2. The molecular formula is C15H18ClN3O4S2. The summed E-state index contributed by atoms with van der Waals surface area (Å²) >= 11 is 6.08. The zero-order valence-electron chi connectivity index (χ0n) is 13.8. The molecule has 0 saturated heterocycles. The van der Waals surface area contributed by atoms with Gasteiger partial charge in [-0.25, -0.2) is 8.42 Å². The molecule has 0 heterocycles. The highest BCUT2D eigenvalue weighted by Crippen LogP contribution is 2.28. The molecule has 10 heteroatoms. The summed E-state index contributed by atoms with van der Waals surface area (Å²) in [5.41, 5.74) is 1.31. The molecule has 0 atom stereocenters. The molecule has 2 aromatic rings. The van der Waals surface area contributed by atoms with Crippen LogP contribution >= 0.6 is 11.6 Å². The van der Waals surface area contributed by atoms with E-state index in [1.54, 1.807) is 12.1 Å². The van der Waals surface area contributed by atoms with Crippen LogP contribution in [0.15, 0.2) is 47.4 Å². The van der Waals surface area contributed by atoms with E-state index in [4.69, 9.17) is 11.6 Å². The minimum absolute atomic E-state index is 0.0645. The monoisotopic (exact) mass is 403 g/mol. The number of hydrogen-bond donors (Lipinski definition) is 2. The Morgan fingerprint density at radius 3 is 2.04 bits per heavy atom. The van der Waals surface area contributed by atoms with Gasteiger partial charge in [0.05, 0.1) is 21.3 Å². The smallest absolute Gasteiger partial charge is 0.278 e. The second kappa shape index (κ2) is 7.20. The average molecular weight is 404 g/mol. The molecule has 0 radical (unpaired) electrons. The van der Waals surface area contributed by atoms with Crippen LogP contribution in [0.3, 0.4) is 0 Å². The van der Waals surface area contributed by atoms with Gasteiger partial charge in [0, 0.05) is 14.1 Å². The first-order chi connectivity index (χ1) is 11.5. The summed E-state index contributed by atoms with van der Waals surface area (Å²) in [6, 6.07) is 10.5. The van der Waals surface area contributed by atoms with E-state index >= 15 is 0 Å². The van der Waals surface area contributed by atoms with E-state index < -0.39 is 20.2 Å². The van der Waals surface area contributed by atoms with Gasteiger partial charge in [-0.05, 0) is 37.3 Å². The lowest BCUT2D eigenvalue weighted by Gasteiger charge is -2.15. The van der Waals surface area contributed by atoms with E-state index in [0.717, 1.165) is 9.87 Å². The van der Waals surface area contributed by atoms with Crippen LogP contribution in [0.5, 0.6) is 0 Å². The minimum atomic E-state index is -3.80. The normalized spacial score (nSPS) is 12.2. The number of halogens is 1. The second-order valence-electron chi connectivity index (χ2n) is 5.50. The first kappa shape index (κ1) is 19.5. The fourth-order valence-electron chi connectivity index (χ4n) is 1.82. The Hall–Kier alpha value is -1.81. The van der Waals surface area contributed by atoms with E-state index in [1.807, 2.05) is 6.92 Å². The molecule has 2 N–H and O–H groups in total. The fourth-order valence-corrected chi connectivity index (χ4v) is 3.79. The van der Waals surface area contributed by atoms with Crippen LogP contribution in [0.2, 0.25) is 5.02 Å². The average Bonchev–Trinajstić information content (AvgIpc) is 2.50. The number of nitrogens with zero attached hydrogens (tertiary/aromatic N) is 1. The molecule has 0 aliphatic heterocycles. The van der Waals surface area contributed by atoms with Gasteiger partial charge in [0.25, 0.3) is 10.0 Å². The van der Waals surface area contributed by atoms with E-state index in [-0.39, 0.29) is 21.3 Å². The van der Waals surface area contributed by atoms with Crippen LogP contribution in [-0.4, -0.2) is 35.2 Å². The summed E-state index contributed by atoms with van der Waals surface area (Å²) in [4.78, 5) is 0.103. The number of benzene rings is 2. The summed E-state index contributed by atoms with van der Waals surface area (Å²) in [5, 5.41) is 0.0645. The summed E-state index contributed by atoms with van der Waals surface area (Å²) in [6.45, 7) is 1.86. The number of aryl methyl sites for hydroxylation is 1. The van der Waals surface area contributed by atoms with E-state index in [2.05, 4.69) is 9.44 Å². The topological polar surface area (TPSA) is 95.6 Å². The van der Waals surface area contributed by atoms with Gasteiger partial charge >= 0.3 is 10.2 Å². The van der Waals surface area contributed by atoms with Gasteiger partial charge in [-0.2, -0.15) is 12.7 Å². The molecule has 2 rings (SSSR count). The second-order valence-corrected chi connectivity index (χ2v) is 9.48. The van der Waals surface area contributed by atoms with Crippen molar-refractivity contribution in [2.75, 3.05) is 23.5 Å². The molecule has 0 saturated carbocycles. The summed E-state index contributed by atoms with van der Waals surface area (Å²) < 4.78 is 54.1. The van der Waals surface area contributed by atoms with Crippen molar-refractivity contribution in [2.45, 2.75) is 11.8 Å². The number of hydrogen-bond acceptors (Lipinski definition) is 4. The van der Waals surface area contributed by atoms with Gasteiger partial charge in [-0.3, -0.25) is 9.44 Å². The van der Waals surface area contributed by atoms with Crippen molar-refractivity contribution in [3.8, 4) is 0 Å². The molecule has 0 spiro atoms. The summed E-state index contributed by atoms with van der Waals surface area (Å²) in [7, 11) is -4.71. The van der Waals surface area contributed by atoms with Gasteiger partial charge in [-0.15, -0.1) is 0 Å². The van der Waals surface area contributed by atoms with Gasteiger partial charge in [0.2, 0.25) is 0 Å². The first-order valence-electron chi connectivity index (χ1n) is 7.10. The Morgan fingerprint density at radius 1 is 0.920 bits per heavy atom. The molecular weight excluding hydrogens is 386 g/mol. The van der Waals surface area contributed by atoms with Gasteiger partial charge < -0.3 is 0 Å². The molecule has 0 fully saturated rings. The van der Waals surface area contributed by atoms with Crippen LogP contribution in [-0.2, 0) is 20.2 Å². The van der Waals surface area contributed by atoms with Crippen LogP contribution in [0.1, 0.15) is 5.56 Å². The zero-order chi connectivity index (χ0) is 18.8. The molecule has 0 aliphatic rings. The van der Waals surface area contributed by atoms with Crippen LogP contribution in [0.25, 0.3) is 0 Å². The van der Waals surface area contributed by atoms with Gasteiger partial charge in [0.1, 0.15) is 0 Å². The Balaban J connectivity index is 2.25. The molecule has 0 unspecified atom stereocenters. The van der Waals surface area contributed by atoms with E-state index in [1.165, 1.54) is 44.4 Å². The molecule has 136 valence electrons. The standard InChI is InChI=1S/C15H18ClN3O4S2/c1-11-4-7-13(8-5-11)24(20,21)18-15-9-6-12(10-14(15)16)17-25(22,23)19(2)3/h4-10,17-18H,1-3H3. The number of anilines is 2. The Labute approximate surface area is 152 Å². The minimum Gasteiger partial charge on any atom is -0.278 e. The third-order valence-corrected chi connectivity index (χ3v) is 6.42. The van der Waals surface area contributed by atoms with Crippen molar-refractivity contribution in [1.29, 1.82) is 0 Å². The molecule has 0 aliphatic carbocycles. The maximum absolute atomic E-state index is 12.4. The van der Waals surface area contributed by atoms with Crippen molar-refractivity contribution in [1.82, 2.24) is 4.31 Å². The van der Waals surface area contributed by atoms with Crippen molar-refractivity contribution in [3.05, 3.63) is 53.1 Å². The highest BCUT2D eigenvalue weighted by atomic mass is 35.5. The first-order valence-corrected chi connectivity index (χ1v) is 10.4. The Bertz CT molecular complexity index is 972. The third kappa shape index (κ3) is 4.85. The molecule has 7 nitrogen and oxygen atoms in total. The van der Waals surface area contributed by atoms with Crippen molar-refractivity contribution < 1.29 is 16.8 Å². The van der Waals surface area contributed by atoms with Gasteiger partial charge in [0.15, 0.2) is 0 Å².